The fourth-order valence-electron chi connectivity index (χ4n) is 1.44. The van der Waals surface area contributed by atoms with E-state index in [4.69, 9.17) is 4.74 Å². The van der Waals surface area contributed by atoms with Gasteiger partial charge in [-0.2, -0.15) is 15.0 Å². The van der Waals surface area contributed by atoms with Crippen molar-refractivity contribution in [2.75, 3.05) is 30.8 Å². The molecule has 19 heavy (non-hydrogen) atoms. The molecule has 1 aromatic rings. The number of ether oxygens (including phenoxy) is 1. The van der Waals surface area contributed by atoms with Gasteiger partial charge in [0.2, 0.25) is 11.9 Å². The summed E-state index contributed by atoms with van der Waals surface area (Å²) in [5.74, 6) is 0.989. The first-order chi connectivity index (χ1) is 9.15. The maximum atomic E-state index is 9.17. The maximum Gasteiger partial charge on any atom is 0.322 e. The molecule has 0 fully saturated rings. The molecule has 108 valence electrons. The van der Waals surface area contributed by atoms with E-state index < -0.39 is 0 Å². The Hall–Kier alpha value is -1.63. The Kier molecular flexibility index (Phi) is 6.88. The molecule has 0 aliphatic carbocycles. The third-order valence-corrected chi connectivity index (χ3v) is 2.41. The highest BCUT2D eigenvalue weighted by Crippen LogP contribution is 2.11. The lowest BCUT2D eigenvalue weighted by molar-refractivity contribution is 0.183. The molecule has 0 aromatic carbocycles. The Labute approximate surface area is 113 Å². The van der Waals surface area contributed by atoms with Gasteiger partial charge in [-0.15, -0.1) is 0 Å². The van der Waals surface area contributed by atoms with Gasteiger partial charge < -0.3 is 20.5 Å². The molecule has 0 spiro atoms. The second-order valence-electron chi connectivity index (χ2n) is 4.31. The number of nitrogens with zero attached hydrogens (tertiary/aromatic N) is 3. The molecule has 1 unspecified atom stereocenters. The van der Waals surface area contributed by atoms with Crippen LogP contribution in [0.3, 0.4) is 0 Å². The molecule has 3 N–H and O–H groups in total. The number of methoxy groups -OCH3 is 1. The van der Waals surface area contributed by atoms with Crippen molar-refractivity contribution in [2.24, 2.45) is 0 Å². The van der Waals surface area contributed by atoms with Crippen LogP contribution in [-0.2, 0) is 0 Å². The SMILES string of the molecule is CCCNc1nc(NCCCC(C)O)nc(OC)n1. The lowest BCUT2D eigenvalue weighted by atomic mass is 10.2. The summed E-state index contributed by atoms with van der Waals surface area (Å²) in [5.41, 5.74) is 0. The van der Waals surface area contributed by atoms with Crippen LogP contribution < -0.4 is 15.4 Å². The second kappa shape index (κ2) is 8.47. The van der Waals surface area contributed by atoms with Crippen LogP contribution in [0, 0.1) is 0 Å². The van der Waals surface area contributed by atoms with E-state index in [2.05, 4.69) is 32.5 Å². The van der Waals surface area contributed by atoms with Crippen LogP contribution in [0.25, 0.3) is 0 Å². The predicted octanol–water partition coefficient (Wildman–Crippen LogP) is 1.27. The van der Waals surface area contributed by atoms with Crippen LogP contribution >= 0.6 is 0 Å². The number of nitrogens with one attached hydrogen (secondary N) is 2. The van der Waals surface area contributed by atoms with Crippen LogP contribution in [0.15, 0.2) is 0 Å². The van der Waals surface area contributed by atoms with Crippen molar-refractivity contribution >= 4 is 11.9 Å². The van der Waals surface area contributed by atoms with Crippen molar-refractivity contribution in [1.82, 2.24) is 15.0 Å². The molecular formula is C12H23N5O2. The fraction of sp³-hybridized carbons (Fsp3) is 0.750. The molecule has 1 rings (SSSR count). The number of rotatable bonds is 9. The van der Waals surface area contributed by atoms with Crippen molar-refractivity contribution in [3.8, 4) is 6.01 Å². The highest BCUT2D eigenvalue weighted by atomic mass is 16.5. The standard InChI is InChI=1S/C12H23N5O2/c1-4-7-13-10-15-11(17-12(16-10)19-3)14-8-5-6-9(2)18/h9,18H,4-8H2,1-3H3,(H2,13,14,15,16,17). The first-order valence-electron chi connectivity index (χ1n) is 6.61. The second-order valence-corrected chi connectivity index (χ2v) is 4.31. The monoisotopic (exact) mass is 269 g/mol. The Bertz CT molecular complexity index is 373. The van der Waals surface area contributed by atoms with Crippen molar-refractivity contribution < 1.29 is 9.84 Å². The van der Waals surface area contributed by atoms with Crippen LogP contribution in [-0.4, -0.2) is 46.4 Å². The van der Waals surface area contributed by atoms with Gasteiger partial charge >= 0.3 is 6.01 Å². The number of anilines is 2. The molecule has 1 atom stereocenters. The summed E-state index contributed by atoms with van der Waals surface area (Å²) < 4.78 is 5.04. The van der Waals surface area contributed by atoms with Gasteiger partial charge in [-0.1, -0.05) is 6.92 Å². The summed E-state index contributed by atoms with van der Waals surface area (Å²) in [6.45, 7) is 5.35. The van der Waals surface area contributed by atoms with Gasteiger partial charge in [-0.3, -0.25) is 0 Å². The van der Waals surface area contributed by atoms with Crippen LogP contribution in [0.4, 0.5) is 11.9 Å². The topological polar surface area (TPSA) is 92.2 Å². The molecular weight excluding hydrogens is 246 g/mol. The van der Waals surface area contributed by atoms with Crippen LogP contribution in [0.5, 0.6) is 6.01 Å². The predicted molar refractivity (Wildman–Crippen MR) is 74.6 cm³/mol. The average molecular weight is 269 g/mol. The lowest BCUT2D eigenvalue weighted by Gasteiger charge is -2.09. The quantitative estimate of drug-likeness (QED) is 0.581. The first kappa shape index (κ1) is 15.4. The van der Waals surface area contributed by atoms with E-state index in [1.54, 1.807) is 6.92 Å². The van der Waals surface area contributed by atoms with E-state index in [0.29, 0.717) is 18.4 Å². The van der Waals surface area contributed by atoms with E-state index in [0.717, 1.165) is 25.8 Å². The zero-order chi connectivity index (χ0) is 14.1. The van der Waals surface area contributed by atoms with E-state index in [9.17, 15) is 5.11 Å². The molecule has 7 heteroatoms. The van der Waals surface area contributed by atoms with Gasteiger partial charge in [0.25, 0.3) is 0 Å². The Morgan fingerprint density at radius 1 is 1.16 bits per heavy atom. The van der Waals surface area contributed by atoms with Gasteiger partial charge in [0.1, 0.15) is 0 Å². The Morgan fingerprint density at radius 2 is 1.79 bits per heavy atom. The summed E-state index contributed by atoms with van der Waals surface area (Å²) in [6, 6.07) is 0.284. The number of aliphatic hydroxyl groups excluding tert-OH is 1. The summed E-state index contributed by atoms with van der Waals surface area (Å²) in [4.78, 5) is 12.5. The van der Waals surface area contributed by atoms with Crippen molar-refractivity contribution in [3.63, 3.8) is 0 Å². The number of aromatic nitrogens is 3. The van der Waals surface area contributed by atoms with Crippen molar-refractivity contribution in [2.45, 2.75) is 39.2 Å². The minimum atomic E-state index is -0.281. The summed E-state index contributed by atoms with van der Waals surface area (Å²) >= 11 is 0. The van der Waals surface area contributed by atoms with Gasteiger partial charge in [-0.05, 0) is 26.2 Å². The minimum Gasteiger partial charge on any atom is -0.467 e. The molecule has 1 aromatic heterocycles. The lowest BCUT2D eigenvalue weighted by Crippen LogP contribution is -2.12. The summed E-state index contributed by atoms with van der Waals surface area (Å²) in [7, 11) is 1.52. The Morgan fingerprint density at radius 3 is 2.32 bits per heavy atom. The van der Waals surface area contributed by atoms with E-state index in [1.165, 1.54) is 7.11 Å². The van der Waals surface area contributed by atoms with Crippen LogP contribution in [0.1, 0.15) is 33.1 Å². The zero-order valence-corrected chi connectivity index (χ0v) is 11.8. The molecule has 0 saturated heterocycles. The molecule has 0 radical (unpaired) electrons. The minimum absolute atomic E-state index is 0.281. The van der Waals surface area contributed by atoms with Crippen molar-refractivity contribution in [3.05, 3.63) is 0 Å². The van der Waals surface area contributed by atoms with Gasteiger partial charge in [0, 0.05) is 13.1 Å². The third kappa shape index (κ3) is 6.19. The molecule has 1 heterocycles. The summed E-state index contributed by atoms with van der Waals surface area (Å²) in [6.07, 6.45) is 2.31. The Balaban J connectivity index is 2.55. The molecule has 0 amide bonds. The van der Waals surface area contributed by atoms with Gasteiger partial charge in [0.15, 0.2) is 0 Å². The number of hydrogen-bond donors (Lipinski definition) is 3. The zero-order valence-electron chi connectivity index (χ0n) is 11.8. The fourth-order valence-corrected chi connectivity index (χ4v) is 1.44. The van der Waals surface area contributed by atoms with Gasteiger partial charge in [0.05, 0.1) is 13.2 Å². The highest BCUT2D eigenvalue weighted by molar-refractivity contribution is 5.35. The maximum absolute atomic E-state index is 9.17. The largest absolute Gasteiger partial charge is 0.467 e. The molecule has 0 aliphatic rings. The third-order valence-electron chi connectivity index (χ3n) is 2.41. The smallest absolute Gasteiger partial charge is 0.322 e. The first-order valence-corrected chi connectivity index (χ1v) is 6.61. The van der Waals surface area contributed by atoms with E-state index in [-0.39, 0.29) is 12.1 Å². The summed E-state index contributed by atoms with van der Waals surface area (Å²) in [5, 5.41) is 15.4. The number of hydrogen-bond acceptors (Lipinski definition) is 7. The molecule has 0 aliphatic heterocycles. The van der Waals surface area contributed by atoms with Crippen LogP contribution in [0.2, 0.25) is 0 Å². The van der Waals surface area contributed by atoms with Gasteiger partial charge in [-0.25, -0.2) is 0 Å². The molecule has 0 bridgehead atoms. The normalized spacial score (nSPS) is 12.0. The highest BCUT2D eigenvalue weighted by Gasteiger charge is 2.06. The van der Waals surface area contributed by atoms with Crippen molar-refractivity contribution in [1.29, 1.82) is 0 Å². The number of aliphatic hydroxyl groups is 1. The van der Waals surface area contributed by atoms with E-state index in [1.807, 2.05) is 0 Å². The van der Waals surface area contributed by atoms with E-state index >= 15 is 0 Å². The molecule has 0 saturated carbocycles. The molecule has 7 nitrogen and oxygen atoms in total. The average Bonchev–Trinajstić information content (AvgIpc) is 2.41.